The molecule has 2 aromatic carbocycles. The van der Waals surface area contributed by atoms with Gasteiger partial charge in [0.2, 0.25) is 17.7 Å². The maximum Gasteiger partial charge on any atom is 0.245 e. The second-order valence-electron chi connectivity index (χ2n) is 9.62. The number of amides is 3. The summed E-state index contributed by atoms with van der Waals surface area (Å²) in [5.74, 6) is -0.433. The molecule has 2 N–H and O–H groups in total. The smallest absolute Gasteiger partial charge is 0.245 e. The molecule has 2 aliphatic heterocycles. The Morgan fingerprint density at radius 1 is 1.06 bits per heavy atom. The van der Waals surface area contributed by atoms with Gasteiger partial charge in [-0.1, -0.05) is 54.1 Å². The van der Waals surface area contributed by atoms with Crippen LogP contribution < -0.4 is 5.73 Å². The lowest BCUT2D eigenvalue weighted by Gasteiger charge is -2.42. The van der Waals surface area contributed by atoms with Crippen molar-refractivity contribution in [1.82, 2.24) is 9.80 Å². The molecule has 2 fully saturated rings. The van der Waals surface area contributed by atoms with Gasteiger partial charge in [-0.05, 0) is 56.2 Å². The highest BCUT2D eigenvalue weighted by molar-refractivity contribution is 5.89. The average Bonchev–Trinajstić information content (AvgIpc) is 3.24. The molecule has 0 spiro atoms. The zero-order chi connectivity index (χ0) is 23.6. The number of hydrogen-bond acceptors (Lipinski definition) is 3. The highest BCUT2D eigenvalue weighted by Crippen LogP contribution is 2.35. The SMILES string of the molecule is Cc1cccc(-c2cccc(C[C@]3(C(N)=O)CCCN(C(=O)[C@H](C)N4CCCC4=O)C3)c2)c1. The van der Waals surface area contributed by atoms with Crippen LogP contribution in [0.5, 0.6) is 0 Å². The Morgan fingerprint density at radius 3 is 2.45 bits per heavy atom. The average molecular weight is 448 g/mol. The van der Waals surface area contributed by atoms with Gasteiger partial charge >= 0.3 is 0 Å². The van der Waals surface area contributed by atoms with E-state index in [1.165, 1.54) is 5.56 Å². The molecule has 2 heterocycles. The summed E-state index contributed by atoms with van der Waals surface area (Å²) in [6.45, 7) is 5.36. The highest BCUT2D eigenvalue weighted by Gasteiger charge is 2.44. The maximum atomic E-state index is 13.2. The molecule has 0 aliphatic carbocycles. The van der Waals surface area contributed by atoms with E-state index < -0.39 is 11.5 Å². The number of primary amides is 1. The molecule has 6 heteroatoms. The Bertz CT molecular complexity index is 1070. The van der Waals surface area contributed by atoms with Crippen molar-refractivity contribution in [2.45, 2.75) is 52.0 Å². The molecule has 4 rings (SSSR count). The predicted octanol–water partition coefficient (Wildman–Crippen LogP) is 3.31. The fourth-order valence-electron chi connectivity index (χ4n) is 5.30. The van der Waals surface area contributed by atoms with Crippen LogP contribution in [0.25, 0.3) is 11.1 Å². The minimum absolute atomic E-state index is 0.0296. The molecule has 2 aliphatic rings. The second kappa shape index (κ2) is 9.38. The van der Waals surface area contributed by atoms with Gasteiger partial charge in [-0.3, -0.25) is 14.4 Å². The van der Waals surface area contributed by atoms with Crippen LogP contribution in [0, 0.1) is 12.3 Å². The van der Waals surface area contributed by atoms with E-state index in [9.17, 15) is 14.4 Å². The lowest BCUT2D eigenvalue weighted by Crippen LogP contribution is -2.56. The first-order chi connectivity index (χ1) is 15.8. The zero-order valence-corrected chi connectivity index (χ0v) is 19.5. The molecule has 174 valence electrons. The summed E-state index contributed by atoms with van der Waals surface area (Å²) in [7, 11) is 0. The first kappa shape index (κ1) is 23.0. The molecule has 3 amide bonds. The molecule has 2 saturated heterocycles. The molecule has 2 aromatic rings. The Balaban J connectivity index is 1.55. The summed E-state index contributed by atoms with van der Waals surface area (Å²) in [6.07, 6.45) is 3.15. The Hall–Kier alpha value is -3.15. The van der Waals surface area contributed by atoms with Gasteiger partial charge in [-0.2, -0.15) is 0 Å². The summed E-state index contributed by atoms with van der Waals surface area (Å²) < 4.78 is 0. The Morgan fingerprint density at radius 2 is 1.79 bits per heavy atom. The van der Waals surface area contributed by atoms with E-state index in [1.807, 2.05) is 18.2 Å². The molecular weight excluding hydrogens is 414 g/mol. The van der Waals surface area contributed by atoms with E-state index >= 15 is 0 Å². The first-order valence-corrected chi connectivity index (χ1v) is 11.8. The highest BCUT2D eigenvalue weighted by atomic mass is 16.2. The number of benzene rings is 2. The lowest BCUT2D eigenvalue weighted by atomic mass is 9.74. The molecular formula is C27H33N3O3. The molecule has 2 atom stereocenters. The summed E-state index contributed by atoms with van der Waals surface area (Å²) in [4.78, 5) is 41.5. The zero-order valence-electron chi connectivity index (χ0n) is 19.5. The van der Waals surface area contributed by atoms with Crippen molar-refractivity contribution < 1.29 is 14.4 Å². The van der Waals surface area contributed by atoms with Gasteiger partial charge in [0.25, 0.3) is 0 Å². The van der Waals surface area contributed by atoms with Crippen LogP contribution in [0.4, 0.5) is 0 Å². The van der Waals surface area contributed by atoms with Crippen LogP contribution in [-0.4, -0.2) is 53.2 Å². The van der Waals surface area contributed by atoms with E-state index in [0.29, 0.717) is 45.3 Å². The van der Waals surface area contributed by atoms with Crippen molar-refractivity contribution in [3.05, 3.63) is 59.7 Å². The Kier molecular flexibility index (Phi) is 6.54. The number of hydrogen-bond donors (Lipinski definition) is 1. The first-order valence-electron chi connectivity index (χ1n) is 11.8. The van der Waals surface area contributed by atoms with Crippen molar-refractivity contribution in [3.8, 4) is 11.1 Å². The van der Waals surface area contributed by atoms with Gasteiger partial charge in [0.1, 0.15) is 6.04 Å². The minimum Gasteiger partial charge on any atom is -0.369 e. The van der Waals surface area contributed by atoms with Crippen LogP contribution in [0.2, 0.25) is 0 Å². The largest absolute Gasteiger partial charge is 0.369 e. The van der Waals surface area contributed by atoms with Gasteiger partial charge in [-0.25, -0.2) is 0 Å². The van der Waals surface area contributed by atoms with E-state index in [0.717, 1.165) is 23.1 Å². The van der Waals surface area contributed by atoms with E-state index in [1.54, 1.807) is 16.7 Å². The summed E-state index contributed by atoms with van der Waals surface area (Å²) >= 11 is 0. The fraction of sp³-hybridized carbons (Fsp3) is 0.444. The fourth-order valence-corrected chi connectivity index (χ4v) is 5.30. The summed E-state index contributed by atoms with van der Waals surface area (Å²) in [5.41, 5.74) is 9.61. The Labute approximate surface area is 195 Å². The monoisotopic (exact) mass is 447 g/mol. The van der Waals surface area contributed by atoms with Crippen LogP contribution in [0.1, 0.15) is 43.7 Å². The molecule has 0 bridgehead atoms. The van der Waals surface area contributed by atoms with Crippen molar-refractivity contribution >= 4 is 17.7 Å². The number of carbonyl (C=O) groups is 3. The van der Waals surface area contributed by atoms with E-state index in [2.05, 4.69) is 37.3 Å². The van der Waals surface area contributed by atoms with Crippen LogP contribution >= 0.6 is 0 Å². The van der Waals surface area contributed by atoms with E-state index in [4.69, 9.17) is 5.73 Å². The number of rotatable bonds is 6. The van der Waals surface area contributed by atoms with Gasteiger partial charge < -0.3 is 15.5 Å². The second-order valence-corrected chi connectivity index (χ2v) is 9.62. The van der Waals surface area contributed by atoms with Crippen molar-refractivity contribution in [2.24, 2.45) is 11.1 Å². The molecule has 0 radical (unpaired) electrons. The minimum atomic E-state index is -0.812. The van der Waals surface area contributed by atoms with Crippen LogP contribution in [-0.2, 0) is 20.8 Å². The normalized spacial score (nSPS) is 21.8. The van der Waals surface area contributed by atoms with Crippen LogP contribution in [0.15, 0.2) is 48.5 Å². The molecule has 33 heavy (non-hydrogen) atoms. The van der Waals surface area contributed by atoms with Gasteiger partial charge in [0.15, 0.2) is 0 Å². The number of carbonyl (C=O) groups excluding carboxylic acids is 3. The van der Waals surface area contributed by atoms with Crippen molar-refractivity contribution in [2.75, 3.05) is 19.6 Å². The lowest BCUT2D eigenvalue weighted by molar-refractivity contribution is -0.147. The van der Waals surface area contributed by atoms with Crippen LogP contribution in [0.3, 0.4) is 0 Å². The molecule has 0 saturated carbocycles. The third kappa shape index (κ3) is 4.80. The van der Waals surface area contributed by atoms with Crippen molar-refractivity contribution in [3.63, 3.8) is 0 Å². The van der Waals surface area contributed by atoms with Gasteiger partial charge in [0, 0.05) is 26.1 Å². The molecule has 6 nitrogen and oxygen atoms in total. The van der Waals surface area contributed by atoms with E-state index in [-0.39, 0.29) is 17.7 Å². The number of nitrogens with two attached hydrogens (primary N) is 1. The van der Waals surface area contributed by atoms with Gasteiger partial charge in [-0.15, -0.1) is 0 Å². The standard InChI is InChI=1S/C27H33N3O3/c1-19-7-3-9-22(15-19)23-10-4-8-21(16-23)17-27(26(28)33)12-6-13-29(18-27)25(32)20(2)30-14-5-11-24(30)31/h3-4,7-10,15-16,20H,5-6,11-14,17-18H2,1-2H3,(H2,28,33)/t20-,27+/m0/s1. The number of nitrogens with zero attached hydrogens (tertiary/aromatic N) is 2. The summed E-state index contributed by atoms with van der Waals surface area (Å²) in [6, 6.07) is 16.0. The van der Waals surface area contributed by atoms with Crippen molar-refractivity contribution in [1.29, 1.82) is 0 Å². The topological polar surface area (TPSA) is 83.7 Å². The third-order valence-corrected chi connectivity index (χ3v) is 7.17. The molecule has 0 aromatic heterocycles. The molecule has 0 unspecified atom stereocenters. The predicted molar refractivity (Wildman–Crippen MR) is 128 cm³/mol. The quantitative estimate of drug-likeness (QED) is 0.737. The number of likely N-dealkylation sites (tertiary alicyclic amines) is 2. The summed E-state index contributed by atoms with van der Waals surface area (Å²) in [5, 5.41) is 0. The number of piperidine rings is 1. The van der Waals surface area contributed by atoms with Gasteiger partial charge in [0.05, 0.1) is 5.41 Å². The maximum absolute atomic E-state index is 13.2. The number of aryl methyl sites for hydroxylation is 1. The third-order valence-electron chi connectivity index (χ3n) is 7.17.